The molecule has 2 rings (SSSR count). The number of hydrogen-bond donors (Lipinski definition) is 2. The number of piperazine rings is 1. The summed E-state index contributed by atoms with van der Waals surface area (Å²) in [5, 5.41) is 6.14. The van der Waals surface area contributed by atoms with Gasteiger partial charge in [-0.3, -0.25) is 4.99 Å². The molecule has 0 aromatic carbocycles. The van der Waals surface area contributed by atoms with Crippen LogP contribution in [0.25, 0.3) is 0 Å². The zero-order valence-corrected chi connectivity index (χ0v) is 16.1. The topological polar surface area (TPSA) is 89.9 Å². The van der Waals surface area contributed by atoms with Crippen molar-refractivity contribution in [2.45, 2.75) is 6.92 Å². The van der Waals surface area contributed by atoms with Crippen molar-refractivity contribution in [2.24, 2.45) is 4.99 Å². The molecule has 1 aromatic rings. The van der Waals surface area contributed by atoms with Crippen molar-refractivity contribution in [3.8, 4) is 0 Å². The van der Waals surface area contributed by atoms with E-state index in [-0.39, 0.29) is 12.3 Å². The molecule has 2 N–H and O–H groups in total. The lowest BCUT2D eigenvalue weighted by Gasteiger charge is -2.34. The van der Waals surface area contributed by atoms with E-state index in [0.29, 0.717) is 45.2 Å². The summed E-state index contributed by atoms with van der Waals surface area (Å²) >= 11 is 0. The van der Waals surface area contributed by atoms with E-state index in [2.05, 4.69) is 32.1 Å². The highest BCUT2D eigenvalue weighted by molar-refractivity contribution is 7.89. The van der Waals surface area contributed by atoms with E-state index >= 15 is 0 Å². The van der Waals surface area contributed by atoms with Crippen molar-refractivity contribution < 1.29 is 8.42 Å². The van der Waals surface area contributed by atoms with Gasteiger partial charge in [-0.15, -0.1) is 6.58 Å². The van der Waals surface area contributed by atoms with Crippen LogP contribution >= 0.6 is 0 Å². The molecule has 1 aromatic heterocycles. The smallest absolute Gasteiger partial charge is 0.216 e. The minimum atomic E-state index is -3.32. The average molecular weight is 381 g/mol. The fourth-order valence-corrected chi connectivity index (χ4v) is 3.95. The number of anilines is 1. The number of sulfonamides is 1. The molecular formula is C17H28N6O2S. The molecule has 2 heterocycles. The Kier molecular flexibility index (Phi) is 7.86. The van der Waals surface area contributed by atoms with Crippen LogP contribution in [0.5, 0.6) is 0 Å². The molecule has 1 saturated heterocycles. The standard InChI is InChI=1S/C17H28N6O2S/c1-3-8-20-17(18-4-2)21-10-15-26(24,25)23-13-11-22(12-14-23)16-7-5-6-9-19-16/h3,5-7,9H,1,4,8,10-15H2,2H3,(H2,18,20,21). The lowest BCUT2D eigenvalue weighted by atomic mass is 10.3. The number of nitrogens with one attached hydrogen (secondary N) is 2. The van der Waals surface area contributed by atoms with Gasteiger partial charge in [-0.2, -0.15) is 4.31 Å². The molecule has 0 amide bonds. The SMILES string of the molecule is C=CCNC(=NCCS(=O)(=O)N1CCN(c2ccccn2)CC1)NCC. The Hall–Kier alpha value is -2.13. The van der Waals surface area contributed by atoms with Gasteiger partial charge in [0.1, 0.15) is 5.82 Å². The lowest BCUT2D eigenvalue weighted by Crippen LogP contribution is -2.49. The summed E-state index contributed by atoms with van der Waals surface area (Å²) in [4.78, 5) is 10.7. The number of aromatic nitrogens is 1. The third-order valence-electron chi connectivity index (χ3n) is 3.98. The number of pyridine rings is 1. The molecule has 0 spiro atoms. The van der Waals surface area contributed by atoms with Gasteiger partial charge in [0, 0.05) is 45.5 Å². The zero-order valence-electron chi connectivity index (χ0n) is 15.3. The molecule has 9 heteroatoms. The van der Waals surface area contributed by atoms with Gasteiger partial charge in [-0.1, -0.05) is 12.1 Å². The molecule has 1 aliphatic rings. The fraction of sp³-hybridized carbons (Fsp3) is 0.529. The Morgan fingerprint density at radius 1 is 1.31 bits per heavy atom. The second kappa shape index (κ2) is 10.1. The molecule has 0 atom stereocenters. The Morgan fingerprint density at radius 2 is 2.08 bits per heavy atom. The predicted molar refractivity (Wildman–Crippen MR) is 106 cm³/mol. The van der Waals surface area contributed by atoms with Gasteiger partial charge in [0.15, 0.2) is 5.96 Å². The third-order valence-corrected chi connectivity index (χ3v) is 5.83. The second-order valence-electron chi connectivity index (χ2n) is 5.82. The summed E-state index contributed by atoms with van der Waals surface area (Å²) in [7, 11) is -3.32. The van der Waals surface area contributed by atoms with Crippen molar-refractivity contribution in [1.82, 2.24) is 19.9 Å². The lowest BCUT2D eigenvalue weighted by molar-refractivity contribution is 0.384. The Labute approximate surface area is 156 Å². The normalized spacial score (nSPS) is 16.3. The number of aliphatic imine (C=N–C) groups is 1. The summed E-state index contributed by atoms with van der Waals surface area (Å²) in [6.45, 7) is 9.34. The minimum Gasteiger partial charge on any atom is -0.357 e. The van der Waals surface area contributed by atoms with E-state index in [1.165, 1.54) is 0 Å². The quantitative estimate of drug-likeness (QED) is 0.382. The molecule has 0 unspecified atom stereocenters. The van der Waals surface area contributed by atoms with Crippen LogP contribution in [0.1, 0.15) is 6.92 Å². The first kappa shape index (κ1) is 20.2. The van der Waals surface area contributed by atoms with Gasteiger partial charge in [-0.25, -0.2) is 13.4 Å². The summed E-state index contributed by atoms with van der Waals surface area (Å²) in [5.74, 6) is 1.49. The molecule has 1 fully saturated rings. The molecule has 144 valence electrons. The molecule has 26 heavy (non-hydrogen) atoms. The highest BCUT2D eigenvalue weighted by atomic mass is 32.2. The third kappa shape index (κ3) is 5.99. The van der Waals surface area contributed by atoms with E-state index in [1.807, 2.05) is 25.1 Å². The Bertz CT molecular complexity index is 684. The summed E-state index contributed by atoms with van der Waals surface area (Å²) in [5.41, 5.74) is 0. The van der Waals surface area contributed by atoms with Crippen LogP contribution in [-0.4, -0.2) is 75.2 Å². The van der Waals surface area contributed by atoms with Crippen LogP contribution in [0.4, 0.5) is 5.82 Å². The summed E-state index contributed by atoms with van der Waals surface area (Å²) < 4.78 is 26.6. The maximum absolute atomic E-state index is 12.5. The van der Waals surface area contributed by atoms with Crippen molar-refractivity contribution in [3.05, 3.63) is 37.1 Å². The monoisotopic (exact) mass is 380 g/mol. The zero-order chi connectivity index (χ0) is 18.8. The van der Waals surface area contributed by atoms with Crippen LogP contribution in [-0.2, 0) is 10.0 Å². The van der Waals surface area contributed by atoms with Gasteiger partial charge in [0.25, 0.3) is 0 Å². The summed E-state index contributed by atoms with van der Waals surface area (Å²) in [6, 6.07) is 5.75. The minimum absolute atomic E-state index is 0.00124. The average Bonchev–Trinajstić information content (AvgIpc) is 2.67. The van der Waals surface area contributed by atoms with Crippen LogP contribution in [0.15, 0.2) is 42.0 Å². The molecule has 8 nitrogen and oxygen atoms in total. The van der Waals surface area contributed by atoms with Crippen molar-refractivity contribution >= 4 is 21.8 Å². The molecule has 0 bridgehead atoms. The Morgan fingerprint density at radius 3 is 2.69 bits per heavy atom. The van der Waals surface area contributed by atoms with E-state index < -0.39 is 10.0 Å². The van der Waals surface area contributed by atoms with Gasteiger partial charge in [0.05, 0.1) is 12.3 Å². The predicted octanol–water partition coefficient (Wildman–Crippen LogP) is 0.275. The van der Waals surface area contributed by atoms with Gasteiger partial charge in [0.2, 0.25) is 10.0 Å². The van der Waals surface area contributed by atoms with Crippen molar-refractivity contribution in [1.29, 1.82) is 0 Å². The van der Waals surface area contributed by atoms with Gasteiger partial charge >= 0.3 is 0 Å². The first-order valence-electron chi connectivity index (χ1n) is 8.83. The van der Waals surface area contributed by atoms with E-state index in [1.54, 1.807) is 16.6 Å². The van der Waals surface area contributed by atoms with Crippen LogP contribution in [0.3, 0.4) is 0 Å². The molecule has 1 aliphatic heterocycles. The van der Waals surface area contributed by atoms with Gasteiger partial charge < -0.3 is 15.5 Å². The highest BCUT2D eigenvalue weighted by Crippen LogP contribution is 2.14. The Balaban J connectivity index is 1.85. The summed E-state index contributed by atoms with van der Waals surface area (Å²) in [6.07, 6.45) is 3.48. The molecule has 0 saturated carbocycles. The molecule has 0 aliphatic carbocycles. The van der Waals surface area contributed by atoms with Crippen molar-refractivity contribution in [2.75, 3.05) is 56.5 Å². The highest BCUT2D eigenvalue weighted by Gasteiger charge is 2.26. The molecule has 0 radical (unpaired) electrons. The van der Waals surface area contributed by atoms with Crippen molar-refractivity contribution in [3.63, 3.8) is 0 Å². The van der Waals surface area contributed by atoms with Crippen LogP contribution in [0.2, 0.25) is 0 Å². The fourth-order valence-electron chi connectivity index (χ4n) is 2.65. The number of nitrogens with zero attached hydrogens (tertiary/aromatic N) is 4. The first-order valence-corrected chi connectivity index (χ1v) is 10.4. The maximum Gasteiger partial charge on any atom is 0.216 e. The van der Waals surface area contributed by atoms with Gasteiger partial charge in [-0.05, 0) is 19.1 Å². The number of rotatable bonds is 8. The van der Waals surface area contributed by atoms with Crippen LogP contribution in [0, 0.1) is 0 Å². The second-order valence-corrected chi connectivity index (χ2v) is 7.91. The maximum atomic E-state index is 12.5. The number of hydrogen-bond acceptors (Lipinski definition) is 5. The van der Waals surface area contributed by atoms with Crippen LogP contribution < -0.4 is 15.5 Å². The van der Waals surface area contributed by atoms with E-state index in [4.69, 9.17) is 0 Å². The van der Waals surface area contributed by atoms with E-state index in [0.717, 1.165) is 5.82 Å². The van der Waals surface area contributed by atoms with E-state index in [9.17, 15) is 8.42 Å². The number of guanidine groups is 1. The molecular weight excluding hydrogens is 352 g/mol. The first-order chi connectivity index (χ1) is 12.6. The largest absolute Gasteiger partial charge is 0.357 e.